The maximum atomic E-state index is 11.2. The van der Waals surface area contributed by atoms with Gasteiger partial charge in [0.05, 0.1) is 7.11 Å². The second-order valence-corrected chi connectivity index (χ2v) is 5.23. The molecule has 0 aliphatic carbocycles. The van der Waals surface area contributed by atoms with Crippen molar-refractivity contribution in [1.82, 2.24) is 0 Å². The topological polar surface area (TPSA) is 26.3 Å². The highest BCUT2D eigenvalue weighted by Gasteiger charge is 2.06. The Bertz CT molecular complexity index is 764. The van der Waals surface area contributed by atoms with Crippen LogP contribution in [0, 0.1) is 0 Å². The third-order valence-corrected chi connectivity index (χ3v) is 3.82. The molecule has 0 bridgehead atoms. The summed E-state index contributed by atoms with van der Waals surface area (Å²) in [4.78, 5) is 0. The number of benzene rings is 3. The van der Waals surface area contributed by atoms with Gasteiger partial charge in [0.2, 0.25) is 0 Å². The Morgan fingerprint density at radius 2 is 1.70 bits per heavy atom. The Labute approximate surface area is 119 Å². The van der Waals surface area contributed by atoms with Crippen LogP contribution in [0.15, 0.2) is 60.7 Å². The van der Waals surface area contributed by atoms with Crippen LogP contribution in [0.2, 0.25) is 0 Å². The number of fused-ring (bicyclic) bond motifs is 1. The van der Waals surface area contributed by atoms with E-state index in [1.54, 1.807) is 7.11 Å². The fourth-order valence-electron chi connectivity index (χ4n) is 2.36. The van der Waals surface area contributed by atoms with Gasteiger partial charge in [-0.05, 0) is 46.2 Å². The van der Waals surface area contributed by atoms with Crippen molar-refractivity contribution in [3.05, 3.63) is 60.7 Å². The van der Waals surface area contributed by atoms with Gasteiger partial charge in [0, 0.05) is 5.30 Å². The van der Waals surface area contributed by atoms with Crippen LogP contribution in [-0.4, -0.2) is 7.11 Å². The van der Waals surface area contributed by atoms with Gasteiger partial charge in [-0.25, -0.2) is 0 Å². The largest absolute Gasteiger partial charge is 0.497 e. The first kappa shape index (κ1) is 12.8. The molecule has 3 aromatic rings. The van der Waals surface area contributed by atoms with Crippen molar-refractivity contribution in [3.8, 4) is 16.9 Å². The Morgan fingerprint density at radius 3 is 2.40 bits per heavy atom. The van der Waals surface area contributed by atoms with Crippen molar-refractivity contribution in [2.24, 2.45) is 0 Å². The molecule has 98 valence electrons. The summed E-state index contributed by atoms with van der Waals surface area (Å²) < 4.78 is 16.4. The van der Waals surface area contributed by atoms with E-state index in [1.807, 2.05) is 54.6 Å². The number of ether oxygens (including phenoxy) is 1. The van der Waals surface area contributed by atoms with Gasteiger partial charge in [-0.3, -0.25) is 4.57 Å². The molecule has 3 aromatic carbocycles. The van der Waals surface area contributed by atoms with Crippen molar-refractivity contribution in [3.63, 3.8) is 0 Å². The molecule has 3 rings (SSSR count). The van der Waals surface area contributed by atoms with Crippen molar-refractivity contribution in [1.29, 1.82) is 0 Å². The SMILES string of the molecule is COc1ccc(-c2cc(P=O)cc3ccccc23)cc1. The highest BCUT2D eigenvalue weighted by molar-refractivity contribution is 7.34. The molecule has 0 N–H and O–H groups in total. The summed E-state index contributed by atoms with van der Waals surface area (Å²) >= 11 is 0. The van der Waals surface area contributed by atoms with E-state index in [2.05, 4.69) is 6.07 Å². The minimum Gasteiger partial charge on any atom is -0.497 e. The molecule has 0 saturated carbocycles. The van der Waals surface area contributed by atoms with Crippen LogP contribution in [0.4, 0.5) is 0 Å². The van der Waals surface area contributed by atoms with E-state index in [4.69, 9.17) is 4.74 Å². The maximum Gasteiger partial charge on any atom is 0.192 e. The molecular weight excluding hydrogens is 267 g/mol. The zero-order valence-electron chi connectivity index (χ0n) is 11.0. The third kappa shape index (κ3) is 2.31. The summed E-state index contributed by atoms with van der Waals surface area (Å²) in [5, 5.41) is 3.04. The van der Waals surface area contributed by atoms with E-state index >= 15 is 0 Å². The van der Waals surface area contributed by atoms with Crippen molar-refractivity contribution in [2.75, 3.05) is 7.11 Å². The average molecular weight is 280 g/mol. The molecule has 3 heteroatoms. The summed E-state index contributed by atoms with van der Waals surface area (Å²) in [5.41, 5.74) is 2.18. The van der Waals surface area contributed by atoms with E-state index in [0.717, 1.165) is 33.0 Å². The standard InChI is InChI=1S/C17H13O2P/c1-19-14-8-6-12(7-9-14)17-11-15(20-18)10-13-4-2-3-5-16(13)17/h2-11H,1H3. The zero-order chi connectivity index (χ0) is 13.9. The summed E-state index contributed by atoms with van der Waals surface area (Å²) in [5.74, 6) is 0.830. The van der Waals surface area contributed by atoms with Crippen LogP contribution in [0.5, 0.6) is 5.75 Å². The van der Waals surface area contributed by atoms with Gasteiger partial charge >= 0.3 is 0 Å². The summed E-state index contributed by atoms with van der Waals surface area (Å²) in [7, 11) is 1.70. The molecule has 0 amide bonds. The van der Waals surface area contributed by atoms with Crippen LogP contribution in [0.3, 0.4) is 0 Å². The number of rotatable bonds is 3. The fraction of sp³-hybridized carbons (Fsp3) is 0.0588. The van der Waals surface area contributed by atoms with Crippen LogP contribution < -0.4 is 10.0 Å². The molecule has 0 heterocycles. The lowest BCUT2D eigenvalue weighted by molar-refractivity contribution is 0.415. The van der Waals surface area contributed by atoms with E-state index in [-0.39, 0.29) is 8.46 Å². The Morgan fingerprint density at radius 1 is 0.950 bits per heavy atom. The predicted molar refractivity (Wildman–Crippen MR) is 83.2 cm³/mol. The van der Waals surface area contributed by atoms with E-state index < -0.39 is 0 Å². The van der Waals surface area contributed by atoms with Crippen molar-refractivity contribution < 1.29 is 9.30 Å². The molecule has 0 aliphatic rings. The average Bonchev–Trinajstić information content (AvgIpc) is 2.54. The number of hydrogen-bond donors (Lipinski definition) is 0. The lowest BCUT2D eigenvalue weighted by Crippen LogP contribution is -1.94. The molecule has 0 aromatic heterocycles. The molecular formula is C17H13O2P. The van der Waals surface area contributed by atoms with Crippen LogP contribution in [0.25, 0.3) is 21.9 Å². The van der Waals surface area contributed by atoms with Gasteiger partial charge in [0.25, 0.3) is 0 Å². The molecule has 0 atom stereocenters. The summed E-state index contributed by atoms with van der Waals surface area (Å²) in [6.07, 6.45) is 0. The third-order valence-electron chi connectivity index (χ3n) is 3.35. The Kier molecular flexibility index (Phi) is 3.49. The first-order chi connectivity index (χ1) is 9.81. The quantitative estimate of drug-likeness (QED) is 0.663. The molecule has 0 spiro atoms. The molecule has 2 nitrogen and oxygen atoms in total. The Hall–Kier alpha value is -2.18. The maximum absolute atomic E-state index is 11.2. The smallest absolute Gasteiger partial charge is 0.192 e. The first-order valence-corrected chi connectivity index (χ1v) is 7.13. The highest BCUT2D eigenvalue weighted by Crippen LogP contribution is 2.29. The van der Waals surface area contributed by atoms with Gasteiger partial charge in [-0.15, -0.1) is 0 Å². The van der Waals surface area contributed by atoms with Crippen LogP contribution in [-0.2, 0) is 4.57 Å². The van der Waals surface area contributed by atoms with Gasteiger partial charge in [-0.2, -0.15) is 0 Å². The summed E-state index contributed by atoms with van der Waals surface area (Å²) in [6, 6.07) is 20.0. The van der Waals surface area contributed by atoms with Gasteiger partial charge < -0.3 is 4.74 Å². The normalized spacial score (nSPS) is 10.8. The number of hydrogen-bond acceptors (Lipinski definition) is 2. The minimum atomic E-state index is 0.0415. The molecule has 0 aliphatic heterocycles. The molecule has 0 radical (unpaired) electrons. The van der Waals surface area contributed by atoms with E-state index in [9.17, 15) is 4.57 Å². The first-order valence-electron chi connectivity index (χ1n) is 6.32. The lowest BCUT2D eigenvalue weighted by Gasteiger charge is -2.09. The molecule has 20 heavy (non-hydrogen) atoms. The predicted octanol–water partition coefficient (Wildman–Crippen LogP) is 4.43. The molecule has 0 saturated heterocycles. The highest BCUT2D eigenvalue weighted by atomic mass is 31.1. The number of methoxy groups -OCH3 is 1. The second kappa shape index (κ2) is 5.44. The summed E-state index contributed by atoms with van der Waals surface area (Å²) in [6.45, 7) is 0. The van der Waals surface area contributed by atoms with Crippen molar-refractivity contribution in [2.45, 2.75) is 0 Å². The minimum absolute atomic E-state index is 0.0415. The Balaban J connectivity index is 2.24. The van der Waals surface area contributed by atoms with Gasteiger partial charge in [0.15, 0.2) is 8.46 Å². The molecule has 0 fully saturated rings. The molecule has 0 unspecified atom stereocenters. The van der Waals surface area contributed by atoms with Crippen LogP contribution >= 0.6 is 8.46 Å². The van der Waals surface area contributed by atoms with E-state index in [1.165, 1.54) is 0 Å². The van der Waals surface area contributed by atoms with Gasteiger partial charge in [0.1, 0.15) is 5.75 Å². The zero-order valence-corrected chi connectivity index (χ0v) is 11.9. The van der Waals surface area contributed by atoms with Crippen LogP contribution in [0.1, 0.15) is 0 Å². The van der Waals surface area contributed by atoms with E-state index in [0.29, 0.717) is 0 Å². The monoisotopic (exact) mass is 280 g/mol. The van der Waals surface area contributed by atoms with Gasteiger partial charge in [-0.1, -0.05) is 36.4 Å². The lowest BCUT2D eigenvalue weighted by atomic mass is 9.98. The second-order valence-electron chi connectivity index (χ2n) is 4.53. The fourth-order valence-corrected chi connectivity index (χ4v) is 2.73. The van der Waals surface area contributed by atoms with Crippen molar-refractivity contribution >= 4 is 24.5 Å².